The van der Waals surface area contributed by atoms with Gasteiger partial charge in [0.2, 0.25) is 0 Å². The van der Waals surface area contributed by atoms with Crippen LogP contribution >= 0.6 is 0 Å². The molecule has 124 valence electrons. The summed E-state index contributed by atoms with van der Waals surface area (Å²) >= 11 is 0. The van der Waals surface area contributed by atoms with Crippen LogP contribution in [0.4, 0.5) is 4.79 Å². The highest BCUT2D eigenvalue weighted by Gasteiger charge is 2.25. The first-order chi connectivity index (χ1) is 9.81. The fourth-order valence-corrected chi connectivity index (χ4v) is 2.36. The van der Waals surface area contributed by atoms with Crippen LogP contribution in [0.3, 0.4) is 0 Å². The fourth-order valence-electron chi connectivity index (χ4n) is 2.36. The van der Waals surface area contributed by atoms with Crippen molar-refractivity contribution in [3.8, 4) is 0 Å². The van der Waals surface area contributed by atoms with Gasteiger partial charge in [0.25, 0.3) is 0 Å². The minimum Gasteiger partial charge on any atom is -0.444 e. The number of rotatable bonds is 5. The first-order valence-corrected chi connectivity index (χ1v) is 7.70. The molecule has 2 unspecified atom stereocenters. The number of aliphatic hydroxyl groups is 1. The molecule has 0 saturated carbocycles. The van der Waals surface area contributed by atoms with Crippen molar-refractivity contribution in [1.29, 1.82) is 0 Å². The van der Waals surface area contributed by atoms with Gasteiger partial charge in [-0.25, -0.2) is 4.79 Å². The van der Waals surface area contributed by atoms with Crippen LogP contribution < -0.4 is 5.32 Å². The summed E-state index contributed by atoms with van der Waals surface area (Å²) in [5.41, 5.74) is -0.453. The topological polar surface area (TPSA) is 71.0 Å². The van der Waals surface area contributed by atoms with Gasteiger partial charge in [-0.3, -0.25) is 0 Å². The van der Waals surface area contributed by atoms with Crippen LogP contribution in [0, 0.1) is 0 Å². The number of amides is 1. The molecule has 6 nitrogen and oxygen atoms in total. The van der Waals surface area contributed by atoms with Gasteiger partial charge in [0, 0.05) is 32.8 Å². The number of hydrogen-bond acceptors (Lipinski definition) is 5. The van der Waals surface area contributed by atoms with E-state index < -0.39 is 11.7 Å². The Labute approximate surface area is 127 Å². The molecule has 0 spiro atoms. The summed E-state index contributed by atoms with van der Waals surface area (Å²) in [7, 11) is 1.58. The van der Waals surface area contributed by atoms with Crippen LogP contribution in [0.2, 0.25) is 0 Å². The van der Waals surface area contributed by atoms with Crippen molar-refractivity contribution < 1.29 is 19.4 Å². The first kappa shape index (κ1) is 18.2. The Kier molecular flexibility index (Phi) is 7.42. The maximum Gasteiger partial charge on any atom is 0.410 e. The van der Waals surface area contributed by atoms with E-state index in [1.807, 2.05) is 20.8 Å². The van der Waals surface area contributed by atoms with Gasteiger partial charge in [0.15, 0.2) is 0 Å². The first-order valence-electron chi connectivity index (χ1n) is 7.70. The maximum atomic E-state index is 12.1. The summed E-state index contributed by atoms with van der Waals surface area (Å²) in [6, 6.07) is 0.323. The second kappa shape index (κ2) is 8.56. The third-order valence-electron chi connectivity index (χ3n) is 3.38. The normalized spacial score (nSPS) is 21.8. The molecule has 6 heteroatoms. The molecule has 2 atom stereocenters. The SMILES string of the molecule is COCC(O)CNC1CCCN(C(=O)OC(C)(C)C)CC1. The van der Waals surface area contributed by atoms with Gasteiger partial charge in [-0.05, 0) is 40.0 Å². The van der Waals surface area contributed by atoms with Crippen molar-refractivity contribution in [2.75, 3.05) is 33.4 Å². The van der Waals surface area contributed by atoms with E-state index in [1.165, 1.54) is 0 Å². The minimum absolute atomic E-state index is 0.234. The average Bonchev–Trinajstić information content (AvgIpc) is 2.60. The molecule has 1 fully saturated rings. The molecular formula is C15H30N2O4. The van der Waals surface area contributed by atoms with Gasteiger partial charge >= 0.3 is 6.09 Å². The van der Waals surface area contributed by atoms with Gasteiger partial charge < -0.3 is 24.8 Å². The smallest absolute Gasteiger partial charge is 0.410 e. The Morgan fingerprint density at radius 1 is 1.38 bits per heavy atom. The Morgan fingerprint density at radius 2 is 2.10 bits per heavy atom. The van der Waals surface area contributed by atoms with Crippen molar-refractivity contribution in [3.63, 3.8) is 0 Å². The molecule has 0 radical (unpaired) electrons. The van der Waals surface area contributed by atoms with Crippen LogP contribution in [-0.2, 0) is 9.47 Å². The molecule has 1 rings (SSSR count). The standard InChI is InChI=1S/C15H30N2O4/c1-15(2,3)21-14(19)17-8-5-6-12(7-9-17)16-10-13(18)11-20-4/h12-13,16,18H,5-11H2,1-4H3. The van der Waals surface area contributed by atoms with Gasteiger partial charge in [-0.2, -0.15) is 0 Å². The number of ether oxygens (including phenoxy) is 2. The van der Waals surface area contributed by atoms with Crippen LogP contribution in [0.25, 0.3) is 0 Å². The Hall–Kier alpha value is -0.850. The second-order valence-electron chi connectivity index (χ2n) is 6.61. The second-order valence-corrected chi connectivity index (χ2v) is 6.61. The number of carbonyl (C=O) groups is 1. The molecule has 2 N–H and O–H groups in total. The predicted octanol–water partition coefficient (Wildman–Crippen LogP) is 1.37. The minimum atomic E-state index is -0.486. The molecule has 0 bridgehead atoms. The van der Waals surface area contributed by atoms with Crippen molar-refractivity contribution in [2.45, 2.75) is 57.8 Å². The summed E-state index contributed by atoms with van der Waals surface area (Å²) in [6.45, 7) is 7.91. The summed E-state index contributed by atoms with van der Waals surface area (Å²) in [5, 5.41) is 13.0. The lowest BCUT2D eigenvalue weighted by Crippen LogP contribution is -2.39. The molecule has 1 aliphatic rings. The fraction of sp³-hybridized carbons (Fsp3) is 0.933. The molecule has 1 amide bonds. The third kappa shape index (κ3) is 7.64. The third-order valence-corrected chi connectivity index (χ3v) is 3.38. The molecular weight excluding hydrogens is 272 g/mol. The van der Waals surface area contributed by atoms with Crippen LogP contribution in [0.15, 0.2) is 0 Å². The summed E-state index contributed by atoms with van der Waals surface area (Å²) in [6.07, 6.45) is 2.10. The van der Waals surface area contributed by atoms with Crippen LogP contribution in [0.5, 0.6) is 0 Å². The Balaban J connectivity index is 2.34. The highest BCUT2D eigenvalue weighted by atomic mass is 16.6. The van der Waals surface area contributed by atoms with Crippen molar-refractivity contribution in [3.05, 3.63) is 0 Å². The number of hydrogen-bond donors (Lipinski definition) is 2. The summed E-state index contributed by atoms with van der Waals surface area (Å²) in [5.74, 6) is 0. The molecule has 1 saturated heterocycles. The zero-order chi connectivity index (χ0) is 15.9. The van der Waals surface area contributed by atoms with Crippen LogP contribution in [-0.4, -0.2) is 67.2 Å². The molecule has 21 heavy (non-hydrogen) atoms. The number of methoxy groups -OCH3 is 1. The van der Waals surface area contributed by atoms with E-state index in [4.69, 9.17) is 9.47 Å². The number of carbonyl (C=O) groups excluding carboxylic acids is 1. The van der Waals surface area contributed by atoms with Crippen molar-refractivity contribution in [2.24, 2.45) is 0 Å². The summed E-state index contributed by atoms with van der Waals surface area (Å²) in [4.78, 5) is 13.8. The predicted molar refractivity (Wildman–Crippen MR) is 81.3 cm³/mol. The molecule has 1 heterocycles. The molecule has 0 aromatic carbocycles. The van der Waals surface area contributed by atoms with E-state index >= 15 is 0 Å². The van der Waals surface area contributed by atoms with E-state index in [0.717, 1.165) is 25.8 Å². The maximum absolute atomic E-state index is 12.1. The monoisotopic (exact) mass is 302 g/mol. The zero-order valence-corrected chi connectivity index (χ0v) is 13.7. The van der Waals surface area contributed by atoms with Crippen molar-refractivity contribution >= 4 is 6.09 Å². The molecule has 0 aliphatic carbocycles. The van der Waals surface area contributed by atoms with Gasteiger partial charge in [-0.15, -0.1) is 0 Å². The van der Waals surface area contributed by atoms with Crippen LogP contribution in [0.1, 0.15) is 40.0 Å². The zero-order valence-electron chi connectivity index (χ0n) is 13.7. The van der Waals surface area contributed by atoms with E-state index in [2.05, 4.69) is 5.32 Å². The van der Waals surface area contributed by atoms with Gasteiger partial charge in [0.05, 0.1) is 12.7 Å². The largest absolute Gasteiger partial charge is 0.444 e. The van der Waals surface area contributed by atoms with E-state index in [9.17, 15) is 9.90 Å². The Morgan fingerprint density at radius 3 is 2.71 bits per heavy atom. The highest BCUT2D eigenvalue weighted by molar-refractivity contribution is 5.68. The lowest BCUT2D eigenvalue weighted by atomic mass is 10.1. The number of nitrogens with one attached hydrogen (secondary N) is 1. The molecule has 0 aromatic rings. The molecule has 1 aliphatic heterocycles. The number of aliphatic hydroxyl groups excluding tert-OH is 1. The number of nitrogens with zero attached hydrogens (tertiary/aromatic N) is 1. The van der Waals surface area contributed by atoms with Gasteiger partial charge in [0.1, 0.15) is 5.60 Å². The van der Waals surface area contributed by atoms with Gasteiger partial charge in [-0.1, -0.05) is 0 Å². The molecule has 0 aromatic heterocycles. The van der Waals surface area contributed by atoms with E-state index in [-0.39, 0.29) is 6.09 Å². The van der Waals surface area contributed by atoms with E-state index in [0.29, 0.717) is 25.7 Å². The highest BCUT2D eigenvalue weighted by Crippen LogP contribution is 2.15. The average molecular weight is 302 g/mol. The quantitative estimate of drug-likeness (QED) is 0.802. The lowest BCUT2D eigenvalue weighted by Gasteiger charge is -2.26. The summed E-state index contributed by atoms with van der Waals surface area (Å²) < 4.78 is 10.3. The lowest BCUT2D eigenvalue weighted by molar-refractivity contribution is 0.0255. The van der Waals surface area contributed by atoms with E-state index in [1.54, 1.807) is 12.0 Å². The number of likely N-dealkylation sites (tertiary alicyclic amines) is 1. The Bertz CT molecular complexity index is 317. The van der Waals surface area contributed by atoms with Crippen molar-refractivity contribution in [1.82, 2.24) is 10.2 Å².